The van der Waals surface area contributed by atoms with Gasteiger partial charge in [-0.3, -0.25) is 4.79 Å². The van der Waals surface area contributed by atoms with Crippen LogP contribution in [0.4, 0.5) is 14.5 Å². The number of aromatic carboxylic acids is 1. The number of piperidine rings is 1. The summed E-state index contributed by atoms with van der Waals surface area (Å²) in [6.45, 7) is 6.07. The number of pyridine rings is 1. The average Bonchev–Trinajstić information content (AvgIpc) is 2.67. The van der Waals surface area contributed by atoms with E-state index >= 15 is 4.39 Å². The molecule has 3 rings (SSSR count). The van der Waals surface area contributed by atoms with Crippen molar-refractivity contribution < 1.29 is 23.5 Å². The van der Waals surface area contributed by atoms with Crippen molar-refractivity contribution in [2.24, 2.45) is 10.9 Å². The summed E-state index contributed by atoms with van der Waals surface area (Å²) in [7, 11) is 0. The van der Waals surface area contributed by atoms with Crippen LogP contribution in [0.5, 0.6) is 0 Å². The van der Waals surface area contributed by atoms with E-state index < -0.39 is 34.1 Å². The molecule has 1 aromatic heterocycles. The van der Waals surface area contributed by atoms with Crippen molar-refractivity contribution in [3.05, 3.63) is 39.7 Å². The molecule has 1 unspecified atom stereocenters. The predicted octanol–water partition coefficient (Wildman–Crippen LogP) is 2.32. The fourth-order valence-corrected chi connectivity index (χ4v) is 3.74. The molecule has 0 spiro atoms. The highest BCUT2D eigenvalue weighted by atomic mass is 19.1. The van der Waals surface area contributed by atoms with Crippen LogP contribution >= 0.6 is 0 Å². The number of benzene rings is 1. The Morgan fingerprint density at radius 2 is 2.10 bits per heavy atom. The van der Waals surface area contributed by atoms with Gasteiger partial charge in [0.2, 0.25) is 5.43 Å². The third-order valence-electron chi connectivity index (χ3n) is 5.22. The van der Waals surface area contributed by atoms with E-state index in [2.05, 4.69) is 5.16 Å². The van der Waals surface area contributed by atoms with Gasteiger partial charge < -0.3 is 25.1 Å². The molecule has 0 amide bonds. The molecule has 1 aliphatic rings. The van der Waals surface area contributed by atoms with Crippen LogP contribution in [0.2, 0.25) is 0 Å². The number of carboxylic acids is 1. The first-order valence-corrected chi connectivity index (χ1v) is 9.63. The number of carbonyl (C=O) groups is 1. The summed E-state index contributed by atoms with van der Waals surface area (Å²) in [5.74, 6) is -3.34. The zero-order valence-electron chi connectivity index (χ0n) is 17.0. The van der Waals surface area contributed by atoms with E-state index in [4.69, 9.17) is 10.6 Å². The molecule has 0 saturated carbocycles. The molecule has 10 heteroatoms. The molecule has 1 atom stereocenters. The Hall–Kier alpha value is -3.01. The molecule has 0 aliphatic carbocycles. The second kappa shape index (κ2) is 8.02. The molecular weight excluding hydrogens is 398 g/mol. The monoisotopic (exact) mass is 422 g/mol. The maximum absolute atomic E-state index is 15.5. The molecule has 0 bridgehead atoms. The predicted molar refractivity (Wildman–Crippen MR) is 109 cm³/mol. The standard InChI is InChI=1S/C20H24F2N4O4/c1-4-25-9-12(19(28)29)18(27)11-8-13(21)17(15(22)16(11)25)26-7-6-14(24-30-5-2)20(3,23)10-26/h8-9H,4-7,10,23H2,1-3H3,(H,28,29)/b24-14-. The molecule has 2 aromatic rings. The van der Waals surface area contributed by atoms with Gasteiger partial charge in [-0.1, -0.05) is 5.16 Å². The van der Waals surface area contributed by atoms with Gasteiger partial charge in [0.1, 0.15) is 23.7 Å². The van der Waals surface area contributed by atoms with Gasteiger partial charge in [-0.2, -0.15) is 0 Å². The first-order chi connectivity index (χ1) is 14.1. The van der Waals surface area contributed by atoms with Crippen LogP contribution in [0, 0.1) is 11.6 Å². The lowest BCUT2D eigenvalue weighted by Gasteiger charge is -2.40. The fraction of sp³-hybridized carbons (Fsp3) is 0.450. The normalized spacial score (nSPS) is 20.7. The lowest BCUT2D eigenvalue weighted by atomic mass is 9.89. The number of aromatic nitrogens is 1. The first-order valence-electron chi connectivity index (χ1n) is 9.63. The van der Waals surface area contributed by atoms with Crippen LogP contribution in [0.25, 0.3) is 10.9 Å². The maximum atomic E-state index is 15.5. The molecule has 3 N–H and O–H groups in total. The number of fused-ring (bicyclic) bond motifs is 1. The number of anilines is 1. The molecule has 2 heterocycles. The summed E-state index contributed by atoms with van der Waals surface area (Å²) in [5.41, 5.74) is 4.02. The van der Waals surface area contributed by atoms with Crippen LogP contribution in [0.3, 0.4) is 0 Å². The van der Waals surface area contributed by atoms with Crippen LogP contribution in [-0.2, 0) is 11.4 Å². The van der Waals surface area contributed by atoms with E-state index in [-0.39, 0.29) is 36.2 Å². The third kappa shape index (κ3) is 3.62. The Balaban J connectivity index is 2.16. The fourth-order valence-electron chi connectivity index (χ4n) is 3.74. The highest BCUT2D eigenvalue weighted by Gasteiger charge is 2.36. The maximum Gasteiger partial charge on any atom is 0.341 e. The Bertz CT molecular complexity index is 1090. The van der Waals surface area contributed by atoms with Gasteiger partial charge in [-0.15, -0.1) is 0 Å². The molecule has 1 fully saturated rings. The van der Waals surface area contributed by atoms with Crippen molar-refractivity contribution in [3.63, 3.8) is 0 Å². The number of aryl methyl sites for hydroxylation is 1. The summed E-state index contributed by atoms with van der Waals surface area (Å²) < 4.78 is 31.8. The summed E-state index contributed by atoms with van der Waals surface area (Å²) in [6, 6.07) is 0.895. The molecule has 1 saturated heterocycles. The van der Waals surface area contributed by atoms with Gasteiger partial charge >= 0.3 is 5.97 Å². The van der Waals surface area contributed by atoms with E-state index in [1.807, 2.05) is 0 Å². The van der Waals surface area contributed by atoms with Gasteiger partial charge in [-0.25, -0.2) is 13.6 Å². The molecule has 1 aliphatic heterocycles. The summed E-state index contributed by atoms with van der Waals surface area (Å²) in [4.78, 5) is 30.4. The third-order valence-corrected chi connectivity index (χ3v) is 5.22. The van der Waals surface area contributed by atoms with Crippen molar-refractivity contribution in [2.75, 3.05) is 24.6 Å². The molecule has 8 nitrogen and oxygen atoms in total. The van der Waals surface area contributed by atoms with Crippen LogP contribution in [0.1, 0.15) is 37.6 Å². The quantitative estimate of drug-likeness (QED) is 0.716. The summed E-state index contributed by atoms with van der Waals surface area (Å²) in [6.07, 6.45) is 1.43. The second-order valence-electron chi connectivity index (χ2n) is 7.42. The minimum atomic E-state index is -1.45. The zero-order chi connectivity index (χ0) is 22.2. The minimum Gasteiger partial charge on any atom is -0.477 e. The number of halogens is 2. The Morgan fingerprint density at radius 3 is 2.67 bits per heavy atom. The number of hydrogen-bond acceptors (Lipinski definition) is 6. The highest BCUT2D eigenvalue weighted by molar-refractivity contribution is 5.96. The average molecular weight is 422 g/mol. The highest BCUT2D eigenvalue weighted by Crippen LogP contribution is 2.33. The van der Waals surface area contributed by atoms with Gasteiger partial charge in [0.05, 0.1) is 22.2 Å². The number of carboxylic acid groups (broad SMARTS) is 1. The van der Waals surface area contributed by atoms with Crippen molar-refractivity contribution in [1.29, 1.82) is 0 Å². The summed E-state index contributed by atoms with van der Waals surface area (Å²) in [5, 5.41) is 12.9. The van der Waals surface area contributed by atoms with E-state index in [1.165, 1.54) is 9.47 Å². The van der Waals surface area contributed by atoms with Gasteiger partial charge in [0.15, 0.2) is 5.82 Å². The van der Waals surface area contributed by atoms with E-state index in [0.29, 0.717) is 18.7 Å². The van der Waals surface area contributed by atoms with Crippen LogP contribution in [-0.4, -0.2) is 46.6 Å². The molecular formula is C20H24F2N4O4. The number of hydrogen-bond donors (Lipinski definition) is 2. The molecule has 162 valence electrons. The smallest absolute Gasteiger partial charge is 0.341 e. The van der Waals surface area contributed by atoms with Crippen LogP contribution in [0.15, 0.2) is 22.2 Å². The van der Waals surface area contributed by atoms with Crippen molar-refractivity contribution >= 4 is 28.3 Å². The number of rotatable bonds is 5. The Kier molecular flexibility index (Phi) is 5.80. The number of nitrogens with two attached hydrogens (primary N) is 1. The number of oxime groups is 1. The van der Waals surface area contributed by atoms with Gasteiger partial charge in [-0.05, 0) is 26.8 Å². The van der Waals surface area contributed by atoms with Crippen molar-refractivity contribution in [2.45, 2.75) is 39.3 Å². The Labute approximate surface area is 171 Å². The lowest BCUT2D eigenvalue weighted by molar-refractivity contribution is 0.0694. The summed E-state index contributed by atoms with van der Waals surface area (Å²) >= 11 is 0. The molecule has 30 heavy (non-hydrogen) atoms. The largest absolute Gasteiger partial charge is 0.477 e. The van der Waals surface area contributed by atoms with Gasteiger partial charge in [0.25, 0.3) is 0 Å². The second-order valence-corrected chi connectivity index (χ2v) is 7.42. The number of nitrogens with zero attached hydrogens (tertiary/aromatic N) is 3. The Morgan fingerprint density at radius 1 is 1.40 bits per heavy atom. The topological polar surface area (TPSA) is 110 Å². The first kappa shape index (κ1) is 21.7. The van der Waals surface area contributed by atoms with Crippen molar-refractivity contribution in [1.82, 2.24) is 4.57 Å². The SMILES string of the molecule is CCO/N=C1/CCN(c2c(F)cc3c(=O)c(C(=O)O)cn(CC)c3c2F)CC1(C)N. The van der Waals surface area contributed by atoms with E-state index in [9.17, 15) is 19.1 Å². The van der Waals surface area contributed by atoms with E-state index in [0.717, 1.165) is 12.3 Å². The molecule has 0 radical (unpaired) electrons. The minimum absolute atomic E-state index is 0.0851. The van der Waals surface area contributed by atoms with Gasteiger partial charge in [0, 0.05) is 32.3 Å². The lowest BCUT2D eigenvalue weighted by Crippen LogP contribution is -2.59. The van der Waals surface area contributed by atoms with E-state index in [1.54, 1.807) is 20.8 Å². The molecule has 1 aromatic carbocycles. The zero-order valence-corrected chi connectivity index (χ0v) is 17.0. The van der Waals surface area contributed by atoms with Crippen molar-refractivity contribution in [3.8, 4) is 0 Å². The van der Waals surface area contributed by atoms with Crippen LogP contribution < -0.4 is 16.1 Å².